The normalized spacial score (nSPS) is 17.2. The van der Waals surface area contributed by atoms with Gasteiger partial charge in [-0.1, -0.05) is 18.2 Å². The molecule has 2 heterocycles. The number of carbonyl (C=O) groups is 1. The Morgan fingerprint density at radius 2 is 2.17 bits per heavy atom. The minimum Gasteiger partial charge on any atom is -0.488 e. The number of amides is 1. The second-order valence-electron chi connectivity index (χ2n) is 5.62. The van der Waals surface area contributed by atoms with Gasteiger partial charge in [0.2, 0.25) is 5.91 Å². The molecule has 0 bridgehead atoms. The molecule has 1 unspecified atom stereocenters. The fourth-order valence-electron chi connectivity index (χ4n) is 2.53. The molecule has 122 valence electrons. The molecule has 23 heavy (non-hydrogen) atoms. The molecule has 6 heteroatoms. The summed E-state index contributed by atoms with van der Waals surface area (Å²) >= 11 is 1.69. The molecule has 5 nitrogen and oxygen atoms in total. The van der Waals surface area contributed by atoms with E-state index in [1.807, 2.05) is 42.8 Å². The van der Waals surface area contributed by atoms with Crippen molar-refractivity contribution in [3.8, 4) is 5.75 Å². The summed E-state index contributed by atoms with van der Waals surface area (Å²) in [5, 5.41) is 2.05. The maximum atomic E-state index is 12.3. The Balaban J connectivity index is 1.51. The molecule has 0 aliphatic carbocycles. The number of rotatable bonds is 6. The average Bonchev–Trinajstić information content (AvgIpc) is 3.27. The van der Waals surface area contributed by atoms with Gasteiger partial charge in [0.15, 0.2) is 0 Å². The monoisotopic (exact) mass is 331 g/mol. The topological polar surface area (TPSA) is 53.6 Å². The van der Waals surface area contributed by atoms with Crippen LogP contribution in [0.25, 0.3) is 0 Å². The van der Waals surface area contributed by atoms with Crippen LogP contribution >= 0.6 is 11.3 Å². The minimum atomic E-state index is -0.117. The zero-order valence-electron chi connectivity index (χ0n) is 13.1. The summed E-state index contributed by atoms with van der Waals surface area (Å²) in [4.78, 5) is 15.2. The predicted molar refractivity (Wildman–Crippen MR) is 91.1 cm³/mol. The molecule has 1 atom stereocenters. The Bertz CT molecular complexity index is 622. The summed E-state index contributed by atoms with van der Waals surface area (Å²) < 4.78 is 5.75. The summed E-state index contributed by atoms with van der Waals surface area (Å²) in [6, 6.07) is 11.9. The van der Waals surface area contributed by atoms with Crippen molar-refractivity contribution in [1.82, 2.24) is 15.8 Å². The molecular formula is C17H21N3O2S. The molecule has 2 aromatic rings. The van der Waals surface area contributed by atoms with Crippen molar-refractivity contribution in [2.75, 3.05) is 13.6 Å². The maximum Gasteiger partial charge on any atom is 0.241 e. The van der Waals surface area contributed by atoms with Crippen LogP contribution in [-0.4, -0.2) is 30.4 Å². The lowest BCUT2D eigenvalue weighted by Gasteiger charge is -2.21. The molecule has 1 saturated heterocycles. The van der Waals surface area contributed by atoms with Crippen molar-refractivity contribution in [3.63, 3.8) is 0 Å². The third-order valence-corrected chi connectivity index (χ3v) is 4.66. The fourth-order valence-corrected chi connectivity index (χ4v) is 3.14. The van der Waals surface area contributed by atoms with E-state index in [9.17, 15) is 4.79 Å². The molecule has 1 aliphatic heterocycles. The Morgan fingerprint density at radius 3 is 2.83 bits per heavy atom. The quantitative estimate of drug-likeness (QED) is 0.852. The third kappa shape index (κ3) is 4.31. The van der Waals surface area contributed by atoms with Gasteiger partial charge in [-0.15, -0.1) is 11.3 Å². The third-order valence-electron chi connectivity index (χ3n) is 3.81. The first-order chi connectivity index (χ1) is 11.2. The first kappa shape index (κ1) is 16.0. The second kappa shape index (κ2) is 7.59. The minimum absolute atomic E-state index is 0.117. The molecule has 0 saturated carbocycles. The van der Waals surface area contributed by atoms with E-state index in [4.69, 9.17) is 4.74 Å². The molecule has 1 fully saturated rings. The van der Waals surface area contributed by atoms with Crippen LogP contribution < -0.4 is 15.6 Å². The highest BCUT2D eigenvalue weighted by Gasteiger charge is 2.24. The van der Waals surface area contributed by atoms with Gasteiger partial charge in [0.25, 0.3) is 0 Å². The van der Waals surface area contributed by atoms with Gasteiger partial charge in [-0.2, -0.15) is 0 Å². The van der Waals surface area contributed by atoms with Crippen LogP contribution in [0.3, 0.4) is 0 Å². The van der Waals surface area contributed by atoms with Crippen molar-refractivity contribution in [3.05, 3.63) is 52.2 Å². The highest BCUT2D eigenvalue weighted by atomic mass is 32.1. The number of hydrogen-bond acceptors (Lipinski definition) is 5. The number of likely N-dealkylation sites (N-methyl/N-ethyl adjacent to an activating group) is 1. The van der Waals surface area contributed by atoms with Crippen LogP contribution in [0.5, 0.6) is 5.75 Å². The van der Waals surface area contributed by atoms with Crippen LogP contribution in [-0.2, 0) is 17.9 Å². The number of benzene rings is 1. The van der Waals surface area contributed by atoms with Gasteiger partial charge in [0.1, 0.15) is 18.4 Å². The molecule has 1 aliphatic rings. The predicted octanol–water partition coefficient (Wildman–Crippen LogP) is 2.15. The average molecular weight is 331 g/mol. The van der Waals surface area contributed by atoms with E-state index in [0.29, 0.717) is 13.2 Å². The smallest absolute Gasteiger partial charge is 0.241 e. The number of carbonyl (C=O) groups excluding carboxylic acids is 1. The van der Waals surface area contributed by atoms with E-state index in [2.05, 4.69) is 16.9 Å². The SMILES string of the molecule is CN(Cc1ccc(OCc2cccs2)cc1)C(=O)C1CCNN1. The Kier molecular flexibility index (Phi) is 5.27. The molecular weight excluding hydrogens is 310 g/mol. The van der Waals surface area contributed by atoms with Crippen LogP contribution in [0.15, 0.2) is 41.8 Å². The summed E-state index contributed by atoms with van der Waals surface area (Å²) in [5.41, 5.74) is 7.09. The molecule has 0 radical (unpaired) electrons. The van der Waals surface area contributed by atoms with Gasteiger partial charge in [-0.3, -0.25) is 10.2 Å². The van der Waals surface area contributed by atoms with Gasteiger partial charge in [0, 0.05) is 25.0 Å². The number of thiophene rings is 1. The van der Waals surface area contributed by atoms with E-state index in [1.54, 1.807) is 16.2 Å². The van der Waals surface area contributed by atoms with E-state index >= 15 is 0 Å². The lowest BCUT2D eigenvalue weighted by Crippen LogP contribution is -2.43. The van der Waals surface area contributed by atoms with E-state index in [0.717, 1.165) is 24.3 Å². The van der Waals surface area contributed by atoms with E-state index in [1.165, 1.54) is 4.88 Å². The number of ether oxygens (including phenoxy) is 1. The van der Waals surface area contributed by atoms with Gasteiger partial charge >= 0.3 is 0 Å². The van der Waals surface area contributed by atoms with Crippen LogP contribution in [0, 0.1) is 0 Å². The van der Waals surface area contributed by atoms with E-state index < -0.39 is 0 Å². The molecule has 1 aromatic heterocycles. The molecule has 3 rings (SSSR count). The molecule has 1 amide bonds. The van der Waals surface area contributed by atoms with Crippen molar-refractivity contribution >= 4 is 17.2 Å². The molecule has 0 spiro atoms. The van der Waals surface area contributed by atoms with Gasteiger partial charge in [0.05, 0.1) is 0 Å². The van der Waals surface area contributed by atoms with E-state index in [-0.39, 0.29) is 11.9 Å². The van der Waals surface area contributed by atoms with Gasteiger partial charge in [-0.05, 0) is 35.6 Å². The van der Waals surface area contributed by atoms with Gasteiger partial charge in [-0.25, -0.2) is 5.43 Å². The largest absolute Gasteiger partial charge is 0.488 e. The zero-order chi connectivity index (χ0) is 16.1. The Morgan fingerprint density at radius 1 is 1.35 bits per heavy atom. The fraction of sp³-hybridized carbons (Fsp3) is 0.353. The van der Waals surface area contributed by atoms with Crippen LogP contribution in [0.4, 0.5) is 0 Å². The summed E-state index contributed by atoms with van der Waals surface area (Å²) in [6.07, 6.45) is 0.832. The summed E-state index contributed by atoms with van der Waals surface area (Å²) in [5.74, 6) is 0.964. The number of hydrazine groups is 1. The first-order valence-electron chi connectivity index (χ1n) is 7.70. The zero-order valence-corrected chi connectivity index (χ0v) is 13.9. The highest BCUT2D eigenvalue weighted by Crippen LogP contribution is 2.17. The van der Waals surface area contributed by atoms with Crippen molar-refractivity contribution in [1.29, 1.82) is 0 Å². The molecule has 2 N–H and O–H groups in total. The van der Waals surface area contributed by atoms with Crippen LogP contribution in [0.2, 0.25) is 0 Å². The van der Waals surface area contributed by atoms with Gasteiger partial charge < -0.3 is 9.64 Å². The van der Waals surface area contributed by atoms with Crippen LogP contribution in [0.1, 0.15) is 16.9 Å². The lowest BCUT2D eigenvalue weighted by molar-refractivity contribution is -0.132. The standard InChI is InChI=1S/C17H21N3O2S/c1-20(17(21)16-8-9-18-19-16)11-13-4-6-14(7-5-13)22-12-15-3-2-10-23-15/h2-7,10,16,18-19H,8-9,11-12H2,1H3. The summed E-state index contributed by atoms with van der Waals surface area (Å²) in [6.45, 7) is 2.03. The number of nitrogens with zero attached hydrogens (tertiary/aromatic N) is 1. The second-order valence-corrected chi connectivity index (χ2v) is 6.65. The summed E-state index contributed by atoms with van der Waals surface area (Å²) in [7, 11) is 1.84. The van der Waals surface area contributed by atoms with Crippen molar-refractivity contribution in [2.45, 2.75) is 25.6 Å². The Hall–Kier alpha value is -1.89. The Labute approximate surface area is 140 Å². The maximum absolute atomic E-state index is 12.3. The van der Waals surface area contributed by atoms with Crippen molar-refractivity contribution < 1.29 is 9.53 Å². The van der Waals surface area contributed by atoms with Crippen molar-refractivity contribution in [2.24, 2.45) is 0 Å². The first-order valence-corrected chi connectivity index (χ1v) is 8.58. The number of nitrogens with one attached hydrogen (secondary N) is 2. The molecule has 1 aromatic carbocycles. The lowest BCUT2D eigenvalue weighted by atomic mass is 10.1. The highest BCUT2D eigenvalue weighted by molar-refractivity contribution is 7.09. The number of hydrogen-bond donors (Lipinski definition) is 2.